The van der Waals surface area contributed by atoms with E-state index < -0.39 is 5.24 Å². The molecule has 0 radical (unpaired) electrons. The number of fused-ring (bicyclic) bond motifs is 1. The lowest BCUT2D eigenvalue weighted by Gasteiger charge is -2.00. The van der Waals surface area contributed by atoms with Crippen molar-refractivity contribution in [2.75, 3.05) is 0 Å². The van der Waals surface area contributed by atoms with Crippen LogP contribution in [0.5, 0.6) is 0 Å². The van der Waals surface area contributed by atoms with Crippen LogP contribution in [0.2, 0.25) is 0 Å². The van der Waals surface area contributed by atoms with Crippen LogP contribution in [0, 0.1) is 13.8 Å². The molecule has 0 bridgehead atoms. The van der Waals surface area contributed by atoms with E-state index in [-0.39, 0.29) is 0 Å². The molecule has 14 heavy (non-hydrogen) atoms. The molecule has 0 amide bonds. The first-order chi connectivity index (χ1) is 6.59. The number of hydrogen-bond donors (Lipinski definition) is 0. The molecule has 4 nitrogen and oxygen atoms in total. The summed E-state index contributed by atoms with van der Waals surface area (Å²) in [4.78, 5) is 15.2. The zero-order chi connectivity index (χ0) is 10.3. The van der Waals surface area contributed by atoms with Gasteiger partial charge in [0.15, 0.2) is 5.65 Å². The van der Waals surface area contributed by atoms with Crippen LogP contribution in [0.3, 0.4) is 0 Å². The Morgan fingerprint density at radius 1 is 1.50 bits per heavy atom. The molecule has 0 unspecified atom stereocenters. The van der Waals surface area contributed by atoms with Crippen LogP contribution in [-0.2, 0) is 0 Å². The van der Waals surface area contributed by atoms with Gasteiger partial charge in [-0.25, -0.2) is 9.50 Å². The summed E-state index contributed by atoms with van der Waals surface area (Å²) in [6, 6.07) is 1.89. The van der Waals surface area contributed by atoms with Crippen molar-refractivity contribution in [3.8, 4) is 0 Å². The molecule has 0 aliphatic heterocycles. The van der Waals surface area contributed by atoms with E-state index in [9.17, 15) is 4.79 Å². The van der Waals surface area contributed by atoms with Crippen molar-refractivity contribution in [1.29, 1.82) is 0 Å². The van der Waals surface area contributed by atoms with Crippen LogP contribution in [0.1, 0.15) is 21.7 Å². The SMILES string of the molecule is Cc1cc(C)n2ncc(C(=O)Cl)c2n1. The predicted molar refractivity (Wildman–Crippen MR) is 52.6 cm³/mol. The maximum Gasteiger partial charge on any atom is 0.257 e. The minimum Gasteiger partial charge on any atom is -0.275 e. The molecule has 0 saturated carbocycles. The number of carbonyl (C=O) groups excluding carboxylic acids is 1. The lowest BCUT2D eigenvalue weighted by molar-refractivity contribution is 0.108. The van der Waals surface area contributed by atoms with Gasteiger partial charge in [0, 0.05) is 11.4 Å². The third-order valence-corrected chi connectivity index (χ3v) is 2.19. The lowest BCUT2D eigenvalue weighted by Crippen LogP contribution is -1.99. The highest BCUT2D eigenvalue weighted by molar-refractivity contribution is 6.68. The molecule has 2 aromatic heterocycles. The predicted octanol–water partition coefficient (Wildman–Crippen LogP) is 1.73. The molecule has 0 aliphatic rings. The van der Waals surface area contributed by atoms with Gasteiger partial charge in [-0.05, 0) is 31.5 Å². The highest BCUT2D eigenvalue weighted by atomic mass is 35.5. The summed E-state index contributed by atoms with van der Waals surface area (Å²) in [7, 11) is 0. The van der Waals surface area contributed by atoms with Gasteiger partial charge in [0.1, 0.15) is 0 Å². The van der Waals surface area contributed by atoms with Crippen LogP contribution in [-0.4, -0.2) is 19.8 Å². The second kappa shape index (κ2) is 3.06. The summed E-state index contributed by atoms with van der Waals surface area (Å²) in [5.41, 5.74) is 2.63. The molecule has 0 N–H and O–H groups in total. The van der Waals surface area contributed by atoms with Crippen LogP contribution in [0.15, 0.2) is 12.3 Å². The molecule has 5 heteroatoms. The Morgan fingerprint density at radius 3 is 2.86 bits per heavy atom. The molecular weight excluding hydrogens is 202 g/mol. The fourth-order valence-electron chi connectivity index (χ4n) is 1.41. The molecule has 0 aromatic carbocycles. The molecule has 2 heterocycles. The molecule has 0 spiro atoms. The molecule has 0 aliphatic carbocycles. The summed E-state index contributed by atoms with van der Waals surface area (Å²) in [5.74, 6) is 0. The smallest absolute Gasteiger partial charge is 0.257 e. The highest BCUT2D eigenvalue weighted by Crippen LogP contribution is 2.13. The summed E-state index contributed by atoms with van der Waals surface area (Å²) < 4.78 is 1.60. The van der Waals surface area contributed by atoms with Crippen LogP contribution >= 0.6 is 11.6 Å². The molecule has 2 aromatic rings. The van der Waals surface area contributed by atoms with Gasteiger partial charge in [0.2, 0.25) is 0 Å². The third-order valence-electron chi connectivity index (χ3n) is 1.99. The summed E-state index contributed by atoms with van der Waals surface area (Å²) in [6.07, 6.45) is 1.43. The van der Waals surface area contributed by atoms with Crippen molar-refractivity contribution in [2.24, 2.45) is 0 Å². The van der Waals surface area contributed by atoms with Crippen molar-refractivity contribution < 1.29 is 4.79 Å². The van der Waals surface area contributed by atoms with E-state index in [1.165, 1.54) is 6.20 Å². The van der Waals surface area contributed by atoms with Crippen molar-refractivity contribution in [3.63, 3.8) is 0 Å². The number of rotatable bonds is 1. The molecule has 72 valence electrons. The summed E-state index contributed by atoms with van der Waals surface area (Å²) >= 11 is 5.40. The van der Waals surface area contributed by atoms with Gasteiger partial charge in [-0.1, -0.05) is 0 Å². The Hall–Kier alpha value is -1.42. The highest BCUT2D eigenvalue weighted by Gasteiger charge is 2.12. The standard InChI is InChI=1S/C9H8ClN3O/c1-5-3-6(2)13-9(12-5)7(4-11-13)8(10)14/h3-4H,1-2H3. The number of carbonyl (C=O) groups is 1. The van der Waals surface area contributed by atoms with E-state index in [2.05, 4.69) is 10.1 Å². The van der Waals surface area contributed by atoms with Gasteiger partial charge >= 0.3 is 0 Å². The molecule has 0 fully saturated rings. The largest absolute Gasteiger partial charge is 0.275 e. The Balaban J connectivity index is 2.85. The third kappa shape index (κ3) is 1.28. The fraction of sp³-hybridized carbons (Fsp3) is 0.222. The first kappa shape index (κ1) is 9.15. The monoisotopic (exact) mass is 209 g/mol. The van der Waals surface area contributed by atoms with Crippen molar-refractivity contribution in [3.05, 3.63) is 29.2 Å². The van der Waals surface area contributed by atoms with Crippen LogP contribution in [0.25, 0.3) is 5.65 Å². The Labute approximate surface area is 85.5 Å². The minimum absolute atomic E-state index is 0.346. The first-order valence-electron chi connectivity index (χ1n) is 4.11. The van der Waals surface area contributed by atoms with E-state index in [4.69, 9.17) is 11.6 Å². The maximum atomic E-state index is 11.0. The Bertz CT molecular complexity index is 518. The van der Waals surface area contributed by atoms with E-state index in [1.807, 2.05) is 19.9 Å². The molecular formula is C9H8ClN3O. The molecule has 0 atom stereocenters. The van der Waals surface area contributed by atoms with Gasteiger partial charge < -0.3 is 0 Å². The summed E-state index contributed by atoms with van der Waals surface area (Å²) in [6.45, 7) is 3.76. The normalized spacial score (nSPS) is 10.8. The van der Waals surface area contributed by atoms with Gasteiger partial charge in [-0.2, -0.15) is 5.10 Å². The Morgan fingerprint density at radius 2 is 2.21 bits per heavy atom. The van der Waals surface area contributed by atoms with Crippen molar-refractivity contribution >= 4 is 22.5 Å². The zero-order valence-corrected chi connectivity index (χ0v) is 8.54. The first-order valence-corrected chi connectivity index (χ1v) is 4.49. The van der Waals surface area contributed by atoms with E-state index >= 15 is 0 Å². The number of halogens is 1. The van der Waals surface area contributed by atoms with Crippen molar-refractivity contribution in [1.82, 2.24) is 14.6 Å². The van der Waals surface area contributed by atoms with E-state index in [0.29, 0.717) is 11.2 Å². The number of aromatic nitrogens is 3. The van der Waals surface area contributed by atoms with E-state index in [1.54, 1.807) is 4.52 Å². The second-order valence-electron chi connectivity index (χ2n) is 3.11. The second-order valence-corrected chi connectivity index (χ2v) is 3.45. The van der Waals surface area contributed by atoms with Crippen LogP contribution in [0.4, 0.5) is 0 Å². The minimum atomic E-state index is -0.530. The lowest BCUT2D eigenvalue weighted by atomic mass is 10.3. The van der Waals surface area contributed by atoms with Gasteiger partial charge in [-0.15, -0.1) is 0 Å². The molecule has 2 rings (SSSR count). The quantitative estimate of drug-likeness (QED) is 0.672. The fourth-order valence-corrected chi connectivity index (χ4v) is 1.54. The Kier molecular flexibility index (Phi) is 2.00. The topological polar surface area (TPSA) is 47.3 Å². The average molecular weight is 210 g/mol. The van der Waals surface area contributed by atoms with Crippen LogP contribution < -0.4 is 0 Å². The van der Waals surface area contributed by atoms with E-state index in [0.717, 1.165) is 11.4 Å². The maximum absolute atomic E-state index is 11.0. The number of aryl methyl sites for hydroxylation is 2. The number of hydrogen-bond acceptors (Lipinski definition) is 3. The van der Waals surface area contributed by atoms with Gasteiger partial charge in [-0.3, -0.25) is 4.79 Å². The average Bonchev–Trinajstić information content (AvgIpc) is 2.47. The van der Waals surface area contributed by atoms with Crippen molar-refractivity contribution in [2.45, 2.75) is 13.8 Å². The zero-order valence-electron chi connectivity index (χ0n) is 7.78. The van der Waals surface area contributed by atoms with Gasteiger partial charge in [0.25, 0.3) is 5.24 Å². The number of nitrogens with zero attached hydrogens (tertiary/aromatic N) is 3. The van der Waals surface area contributed by atoms with Gasteiger partial charge in [0.05, 0.1) is 11.8 Å². The molecule has 0 saturated heterocycles. The summed E-state index contributed by atoms with van der Waals surface area (Å²) in [5, 5.41) is 3.50.